The Balaban J connectivity index is 1.75. The van der Waals surface area contributed by atoms with Gasteiger partial charge in [0.2, 0.25) is 0 Å². The van der Waals surface area contributed by atoms with Crippen LogP contribution in [0, 0.1) is 11.8 Å². The summed E-state index contributed by atoms with van der Waals surface area (Å²) in [5.74, 6) is 8.48. The van der Waals surface area contributed by atoms with Crippen LogP contribution in [-0.2, 0) is 11.4 Å². The van der Waals surface area contributed by atoms with Crippen LogP contribution in [-0.4, -0.2) is 10.1 Å². The van der Waals surface area contributed by atoms with Crippen molar-refractivity contribution >= 4 is 0 Å². The summed E-state index contributed by atoms with van der Waals surface area (Å²) in [4.78, 5) is 8.79. The maximum atomic E-state index is 5.06. The fourth-order valence-electron chi connectivity index (χ4n) is 3.11. The molecule has 2 bridgehead atoms. The molecular formula is C10H15N3O2. The average molecular weight is 209 g/mol. The Bertz CT molecular complexity index is 352. The fourth-order valence-corrected chi connectivity index (χ4v) is 3.11. The van der Waals surface area contributed by atoms with E-state index in [2.05, 4.69) is 15.0 Å². The van der Waals surface area contributed by atoms with Gasteiger partial charge in [-0.3, -0.25) is 4.84 Å². The van der Waals surface area contributed by atoms with Gasteiger partial charge in [0.05, 0.1) is 0 Å². The third-order valence-corrected chi connectivity index (χ3v) is 3.76. The highest BCUT2D eigenvalue weighted by molar-refractivity contribution is 5.06. The molecule has 2 N–H and O–H groups in total. The summed E-state index contributed by atoms with van der Waals surface area (Å²) < 4.78 is 5.06. The quantitative estimate of drug-likeness (QED) is 0.761. The van der Waals surface area contributed by atoms with Crippen LogP contribution in [0.5, 0.6) is 0 Å². The molecule has 0 aliphatic heterocycles. The summed E-state index contributed by atoms with van der Waals surface area (Å²) in [5.41, 5.74) is 0. The summed E-state index contributed by atoms with van der Waals surface area (Å²) in [6.45, 7) is 0.202. The minimum atomic E-state index is 0.202. The summed E-state index contributed by atoms with van der Waals surface area (Å²) in [5, 5.41) is 4.01. The Hall–Kier alpha value is -0.940. The molecule has 3 rings (SSSR count). The van der Waals surface area contributed by atoms with Crippen LogP contribution in [0.1, 0.15) is 43.3 Å². The lowest BCUT2D eigenvalue weighted by Crippen LogP contribution is -2.10. The van der Waals surface area contributed by atoms with Crippen LogP contribution in [0.15, 0.2) is 4.52 Å². The van der Waals surface area contributed by atoms with Gasteiger partial charge in [-0.15, -0.1) is 0 Å². The molecule has 0 amide bonds. The molecule has 5 heteroatoms. The average Bonchev–Trinajstić information content (AvgIpc) is 2.91. The molecule has 1 aromatic rings. The maximum absolute atomic E-state index is 5.06. The molecular weight excluding hydrogens is 194 g/mol. The van der Waals surface area contributed by atoms with Crippen molar-refractivity contribution in [2.75, 3.05) is 0 Å². The van der Waals surface area contributed by atoms with E-state index in [1.807, 2.05) is 0 Å². The highest BCUT2D eigenvalue weighted by atomic mass is 16.6. The van der Waals surface area contributed by atoms with Crippen LogP contribution in [0.2, 0.25) is 0 Å². The fraction of sp³-hybridized carbons (Fsp3) is 0.800. The zero-order chi connectivity index (χ0) is 10.3. The molecule has 1 aromatic heterocycles. The van der Waals surface area contributed by atoms with E-state index in [0.29, 0.717) is 11.8 Å². The topological polar surface area (TPSA) is 74.2 Å². The summed E-state index contributed by atoms with van der Waals surface area (Å²) >= 11 is 0. The van der Waals surface area contributed by atoms with Crippen molar-refractivity contribution in [1.82, 2.24) is 10.1 Å². The lowest BCUT2D eigenvalue weighted by Gasteiger charge is -2.17. The number of hydrogen-bond acceptors (Lipinski definition) is 5. The minimum Gasteiger partial charge on any atom is -0.337 e. The number of nitrogens with two attached hydrogens (primary N) is 1. The van der Waals surface area contributed by atoms with Gasteiger partial charge in [0.15, 0.2) is 5.82 Å². The van der Waals surface area contributed by atoms with Crippen LogP contribution in [0.25, 0.3) is 0 Å². The van der Waals surface area contributed by atoms with Crippen LogP contribution in [0.3, 0.4) is 0 Å². The molecule has 2 aliphatic rings. The van der Waals surface area contributed by atoms with E-state index in [9.17, 15) is 0 Å². The van der Waals surface area contributed by atoms with Gasteiger partial charge >= 0.3 is 0 Å². The summed E-state index contributed by atoms with van der Waals surface area (Å²) in [6, 6.07) is 0. The molecule has 0 aromatic carbocycles. The van der Waals surface area contributed by atoms with E-state index < -0.39 is 0 Å². The molecule has 2 aliphatic carbocycles. The predicted octanol–water partition coefficient (Wildman–Crippen LogP) is 1.36. The number of nitrogens with zero attached hydrogens (tertiary/aromatic N) is 2. The summed E-state index contributed by atoms with van der Waals surface area (Å²) in [7, 11) is 0. The Morgan fingerprint density at radius 1 is 1.40 bits per heavy atom. The predicted molar refractivity (Wildman–Crippen MR) is 51.5 cm³/mol. The van der Waals surface area contributed by atoms with Gasteiger partial charge in [0.1, 0.15) is 6.61 Å². The van der Waals surface area contributed by atoms with Crippen molar-refractivity contribution in [1.29, 1.82) is 0 Å². The lowest BCUT2D eigenvalue weighted by molar-refractivity contribution is 0.0995. The van der Waals surface area contributed by atoms with Gasteiger partial charge in [0, 0.05) is 5.92 Å². The molecule has 5 nitrogen and oxygen atoms in total. The standard InChI is InChI=1S/C10H15N3O2/c11-14-5-9-12-10(13-15-9)8-4-6-1-2-7(8)3-6/h6-8H,1-5,11H2. The number of rotatable bonds is 3. The first kappa shape index (κ1) is 9.30. The third kappa shape index (κ3) is 1.55. The first-order chi connectivity index (χ1) is 7.36. The van der Waals surface area contributed by atoms with Gasteiger partial charge in [-0.1, -0.05) is 11.6 Å². The number of fused-ring (bicyclic) bond motifs is 2. The van der Waals surface area contributed by atoms with Gasteiger partial charge in [-0.05, 0) is 31.1 Å². The second-order valence-electron chi connectivity index (χ2n) is 4.64. The molecule has 2 saturated carbocycles. The lowest BCUT2D eigenvalue weighted by atomic mass is 9.88. The normalized spacial score (nSPS) is 33.8. The van der Waals surface area contributed by atoms with Crippen LogP contribution >= 0.6 is 0 Å². The Labute approximate surface area is 87.9 Å². The summed E-state index contributed by atoms with van der Waals surface area (Å²) in [6.07, 6.45) is 5.29. The second-order valence-corrected chi connectivity index (χ2v) is 4.64. The third-order valence-electron chi connectivity index (χ3n) is 3.76. The Morgan fingerprint density at radius 3 is 3.00 bits per heavy atom. The highest BCUT2D eigenvalue weighted by Gasteiger charge is 2.42. The van der Waals surface area contributed by atoms with Crippen molar-refractivity contribution in [2.24, 2.45) is 17.7 Å². The first-order valence-corrected chi connectivity index (χ1v) is 5.51. The molecule has 3 atom stereocenters. The van der Waals surface area contributed by atoms with E-state index >= 15 is 0 Å². The molecule has 3 unspecified atom stereocenters. The molecule has 0 radical (unpaired) electrons. The van der Waals surface area contributed by atoms with E-state index in [-0.39, 0.29) is 6.61 Å². The van der Waals surface area contributed by atoms with Gasteiger partial charge in [-0.2, -0.15) is 4.98 Å². The molecule has 0 saturated heterocycles. The number of aromatic nitrogens is 2. The first-order valence-electron chi connectivity index (χ1n) is 5.51. The SMILES string of the molecule is NOCc1nc(C2CC3CCC2C3)no1. The van der Waals surface area contributed by atoms with Crippen molar-refractivity contribution < 1.29 is 9.36 Å². The highest BCUT2D eigenvalue weighted by Crippen LogP contribution is 2.52. The Kier molecular flexibility index (Phi) is 2.21. The van der Waals surface area contributed by atoms with E-state index in [0.717, 1.165) is 17.7 Å². The Morgan fingerprint density at radius 2 is 2.33 bits per heavy atom. The molecule has 2 fully saturated rings. The maximum Gasteiger partial charge on any atom is 0.254 e. The molecule has 15 heavy (non-hydrogen) atoms. The van der Waals surface area contributed by atoms with Crippen molar-refractivity contribution in [3.05, 3.63) is 11.7 Å². The van der Waals surface area contributed by atoms with Crippen LogP contribution in [0.4, 0.5) is 0 Å². The zero-order valence-electron chi connectivity index (χ0n) is 8.56. The van der Waals surface area contributed by atoms with Crippen molar-refractivity contribution in [2.45, 2.75) is 38.2 Å². The van der Waals surface area contributed by atoms with Crippen molar-refractivity contribution in [3.8, 4) is 0 Å². The van der Waals surface area contributed by atoms with Gasteiger partial charge in [-0.25, -0.2) is 5.90 Å². The van der Waals surface area contributed by atoms with E-state index in [1.54, 1.807) is 0 Å². The molecule has 1 heterocycles. The van der Waals surface area contributed by atoms with Gasteiger partial charge < -0.3 is 4.52 Å². The van der Waals surface area contributed by atoms with Crippen molar-refractivity contribution in [3.63, 3.8) is 0 Å². The zero-order valence-corrected chi connectivity index (χ0v) is 8.56. The molecule has 82 valence electrons. The van der Waals surface area contributed by atoms with E-state index in [4.69, 9.17) is 10.4 Å². The monoisotopic (exact) mass is 209 g/mol. The molecule has 0 spiro atoms. The smallest absolute Gasteiger partial charge is 0.254 e. The van der Waals surface area contributed by atoms with E-state index in [1.165, 1.54) is 25.7 Å². The minimum absolute atomic E-state index is 0.202. The number of hydrogen-bond donors (Lipinski definition) is 1. The largest absolute Gasteiger partial charge is 0.337 e. The van der Waals surface area contributed by atoms with Gasteiger partial charge in [0.25, 0.3) is 5.89 Å². The second kappa shape index (κ2) is 3.57. The van der Waals surface area contributed by atoms with Crippen LogP contribution < -0.4 is 5.90 Å².